The molecule has 1 amide bonds. The van der Waals surface area contributed by atoms with E-state index in [2.05, 4.69) is 30.4 Å². The molecule has 134 valence electrons. The van der Waals surface area contributed by atoms with Crippen molar-refractivity contribution >= 4 is 17.5 Å². The Kier molecular flexibility index (Phi) is 5.28. The van der Waals surface area contributed by atoms with Gasteiger partial charge in [0.1, 0.15) is 5.82 Å². The van der Waals surface area contributed by atoms with Crippen LogP contribution in [0.25, 0.3) is 0 Å². The first-order valence-corrected chi connectivity index (χ1v) is 8.56. The molecule has 0 aliphatic carbocycles. The van der Waals surface area contributed by atoms with Gasteiger partial charge < -0.3 is 10.2 Å². The van der Waals surface area contributed by atoms with Crippen molar-refractivity contribution in [3.05, 3.63) is 30.1 Å². The highest BCUT2D eigenvalue weighted by Crippen LogP contribution is 2.23. The molecule has 3 rings (SSSR count). The lowest BCUT2D eigenvalue weighted by molar-refractivity contribution is -0.117. The van der Waals surface area contributed by atoms with Gasteiger partial charge in [0.05, 0.1) is 12.2 Å². The summed E-state index contributed by atoms with van der Waals surface area (Å²) in [6, 6.07) is 6.12. The molecule has 25 heavy (non-hydrogen) atoms. The van der Waals surface area contributed by atoms with Crippen LogP contribution >= 0.6 is 0 Å². The standard InChI is InChI=1S/C17H25N7O/c1-13-10-16(23(3)21-13)19-17(25)12-22(2)11-14-6-5-9-24(14)15-7-4-8-18-20-15/h4,7-8,10,14H,5-6,9,11-12H2,1-3H3,(H,19,25)/t14-/m0/s1. The van der Waals surface area contributed by atoms with Crippen molar-refractivity contribution < 1.29 is 4.79 Å². The minimum Gasteiger partial charge on any atom is -0.351 e. The lowest BCUT2D eigenvalue weighted by Crippen LogP contribution is -2.42. The van der Waals surface area contributed by atoms with Crippen molar-refractivity contribution in [3.8, 4) is 0 Å². The third kappa shape index (κ3) is 4.33. The number of aromatic nitrogens is 4. The molecule has 8 nitrogen and oxygen atoms in total. The first kappa shape index (κ1) is 17.3. The zero-order chi connectivity index (χ0) is 17.8. The molecule has 1 fully saturated rings. The highest BCUT2D eigenvalue weighted by atomic mass is 16.2. The molecule has 0 saturated carbocycles. The van der Waals surface area contributed by atoms with E-state index < -0.39 is 0 Å². The van der Waals surface area contributed by atoms with Crippen molar-refractivity contribution in [3.63, 3.8) is 0 Å². The van der Waals surface area contributed by atoms with Crippen LogP contribution in [0.4, 0.5) is 11.6 Å². The number of carbonyl (C=O) groups is 1. The summed E-state index contributed by atoms with van der Waals surface area (Å²) in [5, 5.41) is 15.3. The molecule has 1 atom stereocenters. The van der Waals surface area contributed by atoms with Gasteiger partial charge in [-0.15, -0.1) is 5.10 Å². The molecule has 0 radical (unpaired) electrons. The predicted octanol–water partition coefficient (Wildman–Crippen LogP) is 1.06. The Morgan fingerprint density at radius 3 is 3.00 bits per heavy atom. The number of rotatable bonds is 6. The molecule has 1 saturated heterocycles. The predicted molar refractivity (Wildman–Crippen MR) is 96.5 cm³/mol. The number of carbonyl (C=O) groups excluding carboxylic acids is 1. The number of anilines is 2. The van der Waals surface area contributed by atoms with Crippen LogP contribution in [0.3, 0.4) is 0 Å². The van der Waals surface area contributed by atoms with Crippen LogP contribution in [-0.2, 0) is 11.8 Å². The molecule has 0 bridgehead atoms. The average molecular weight is 343 g/mol. The van der Waals surface area contributed by atoms with Crippen LogP contribution in [0, 0.1) is 6.92 Å². The second-order valence-corrected chi connectivity index (χ2v) is 6.61. The van der Waals surface area contributed by atoms with Crippen LogP contribution < -0.4 is 10.2 Å². The molecule has 1 aliphatic heterocycles. The molecule has 0 unspecified atom stereocenters. The summed E-state index contributed by atoms with van der Waals surface area (Å²) in [6.45, 7) is 4.05. The van der Waals surface area contributed by atoms with Gasteiger partial charge in [-0.1, -0.05) is 0 Å². The first-order chi connectivity index (χ1) is 12.0. The van der Waals surface area contributed by atoms with E-state index in [1.807, 2.05) is 39.2 Å². The molecule has 3 heterocycles. The summed E-state index contributed by atoms with van der Waals surface area (Å²) in [5.74, 6) is 1.60. The number of likely N-dealkylation sites (N-methyl/N-ethyl adjacent to an activating group) is 1. The number of aryl methyl sites for hydroxylation is 2. The highest BCUT2D eigenvalue weighted by Gasteiger charge is 2.27. The largest absolute Gasteiger partial charge is 0.351 e. The topological polar surface area (TPSA) is 79.2 Å². The quantitative estimate of drug-likeness (QED) is 0.845. The molecule has 8 heteroatoms. The summed E-state index contributed by atoms with van der Waals surface area (Å²) >= 11 is 0. The second-order valence-electron chi connectivity index (χ2n) is 6.61. The van der Waals surface area contributed by atoms with Gasteiger partial charge in [-0.3, -0.25) is 14.4 Å². The third-order valence-electron chi connectivity index (χ3n) is 4.44. The van der Waals surface area contributed by atoms with E-state index in [1.54, 1.807) is 10.9 Å². The average Bonchev–Trinajstić information content (AvgIpc) is 3.14. The van der Waals surface area contributed by atoms with Gasteiger partial charge in [0.2, 0.25) is 5.91 Å². The molecule has 2 aromatic rings. The summed E-state index contributed by atoms with van der Waals surface area (Å²) in [7, 11) is 3.80. The van der Waals surface area contributed by atoms with E-state index in [1.165, 1.54) is 0 Å². The monoisotopic (exact) mass is 343 g/mol. The first-order valence-electron chi connectivity index (χ1n) is 8.56. The molecule has 0 aromatic carbocycles. The smallest absolute Gasteiger partial charge is 0.239 e. The minimum absolute atomic E-state index is 0.0328. The maximum absolute atomic E-state index is 12.3. The Morgan fingerprint density at radius 1 is 1.48 bits per heavy atom. The Bertz CT molecular complexity index is 715. The van der Waals surface area contributed by atoms with E-state index >= 15 is 0 Å². The molecule has 1 N–H and O–H groups in total. The fourth-order valence-corrected chi connectivity index (χ4v) is 3.35. The van der Waals surface area contributed by atoms with Crippen LogP contribution in [0.2, 0.25) is 0 Å². The number of nitrogens with zero attached hydrogens (tertiary/aromatic N) is 6. The van der Waals surface area contributed by atoms with Crippen molar-refractivity contribution in [1.82, 2.24) is 24.9 Å². The van der Waals surface area contributed by atoms with Gasteiger partial charge in [0.25, 0.3) is 0 Å². The number of nitrogens with one attached hydrogen (secondary N) is 1. The second kappa shape index (κ2) is 7.60. The molecule has 2 aromatic heterocycles. The Labute approximate surface area is 147 Å². The molecular weight excluding hydrogens is 318 g/mol. The van der Waals surface area contributed by atoms with Crippen LogP contribution in [-0.4, -0.2) is 63.5 Å². The van der Waals surface area contributed by atoms with E-state index in [0.717, 1.165) is 43.3 Å². The lowest BCUT2D eigenvalue weighted by atomic mass is 10.2. The highest BCUT2D eigenvalue weighted by molar-refractivity contribution is 5.91. The maximum atomic E-state index is 12.3. The van der Waals surface area contributed by atoms with Crippen molar-refractivity contribution in [1.29, 1.82) is 0 Å². The lowest BCUT2D eigenvalue weighted by Gasteiger charge is -2.28. The minimum atomic E-state index is -0.0328. The van der Waals surface area contributed by atoms with Crippen LogP contribution in [0.1, 0.15) is 18.5 Å². The van der Waals surface area contributed by atoms with Gasteiger partial charge in [-0.05, 0) is 38.9 Å². The van der Waals surface area contributed by atoms with Crippen LogP contribution in [0.15, 0.2) is 24.4 Å². The van der Waals surface area contributed by atoms with E-state index in [0.29, 0.717) is 12.6 Å². The molecular formula is C17H25N7O. The summed E-state index contributed by atoms with van der Waals surface area (Å²) in [5.41, 5.74) is 0.886. The summed E-state index contributed by atoms with van der Waals surface area (Å²) in [6.07, 6.45) is 3.92. The fourth-order valence-electron chi connectivity index (χ4n) is 3.35. The maximum Gasteiger partial charge on any atom is 0.239 e. The number of hydrogen-bond acceptors (Lipinski definition) is 6. The van der Waals surface area contributed by atoms with Crippen LogP contribution in [0.5, 0.6) is 0 Å². The van der Waals surface area contributed by atoms with Gasteiger partial charge in [0, 0.05) is 38.4 Å². The number of amides is 1. The van der Waals surface area contributed by atoms with Gasteiger partial charge in [-0.2, -0.15) is 10.2 Å². The fraction of sp³-hybridized carbons (Fsp3) is 0.529. The Hall–Kier alpha value is -2.48. The van der Waals surface area contributed by atoms with Gasteiger partial charge in [-0.25, -0.2) is 0 Å². The normalized spacial score (nSPS) is 17.3. The van der Waals surface area contributed by atoms with Crippen molar-refractivity contribution in [2.45, 2.75) is 25.8 Å². The third-order valence-corrected chi connectivity index (χ3v) is 4.44. The van der Waals surface area contributed by atoms with E-state index in [4.69, 9.17) is 0 Å². The Balaban J connectivity index is 1.54. The van der Waals surface area contributed by atoms with E-state index in [9.17, 15) is 4.79 Å². The number of hydrogen-bond donors (Lipinski definition) is 1. The van der Waals surface area contributed by atoms with Gasteiger partial charge in [0.15, 0.2) is 5.82 Å². The zero-order valence-electron chi connectivity index (χ0n) is 15.0. The zero-order valence-corrected chi connectivity index (χ0v) is 15.0. The molecule has 1 aliphatic rings. The molecule has 0 spiro atoms. The Morgan fingerprint density at radius 2 is 2.32 bits per heavy atom. The summed E-state index contributed by atoms with van der Waals surface area (Å²) in [4.78, 5) is 16.6. The van der Waals surface area contributed by atoms with Crippen molar-refractivity contribution in [2.75, 3.05) is 36.9 Å². The summed E-state index contributed by atoms with van der Waals surface area (Å²) < 4.78 is 1.68. The van der Waals surface area contributed by atoms with Crippen molar-refractivity contribution in [2.24, 2.45) is 7.05 Å². The van der Waals surface area contributed by atoms with E-state index in [-0.39, 0.29) is 5.91 Å². The SMILES string of the molecule is Cc1cc(NC(=O)CN(C)C[C@@H]2CCCN2c2cccnn2)n(C)n1. The van der Waals surface area contributed by atoms with Gasteiger partial charge >= 0.3 is 0 Å².